The number of carboxylic acid groups (broad SMARTS) is 1. The van der Waals surface area contributed by atoms with Crippen molar-refractivity contribution in [2.24, 2.45) is 0 Å². The number of carboxylic acids is 1. The molecule has 2 rings (SSSR count). The van der Waals surface area contributed by atoms with E-state index in [0.29, 0.717) is 12.0 Å². The van der Waals surface area contributed by atoms with Crippen LogP contribution in [-0.2, 0) is 12.6 Å². The van der Waals surface area contributed by atoms with Crippen LogP contribution in [0.25, 0.3) is 5.65 Å². The van der Waals surface area contributed by atoms with Crippen LogP contribution in [0.15, 0.2) is 12.3 Å². The van der Waals surface area contributed by atoms with Crippen LogP contribution < -0.4 is 0 Å². The lowest BCUT2D eigenvalue weighted by molar-refractivity contribution is -0.136. The maximum Gasteiger partial charge on any atom is 0.419 e. The molecule has 102 valence electrons. The van der Waals surface area contributed by atoms with E-state index in [-0.39, 0.29) is 5.15 Å². The third-order valence-corrected chi connectivity index (χ3v) is 3.00. The van der Waals surface area contributed by atoms with E-state index in [2.05, 4.69) is 4.98 Å². The molecule has 0 aliphatic carbocycles. The number of alkyl halides is 3. The fourth-order valence-electron chi connectivity index (χ4n) is 1.71. The van der Waals surface area contributed by atoms with Gasteiger partial charge in [-0.2, -0.15) is 13.2 Å². The highest BCUT2D eigenvalue weighted by Crippen LogP contribution is 2.34. The summed E-state index contributed by atoms with van der Waals surface area (Å²) in [4.78, 5) is 14.3. The zero-order valence-electron chi connectivity index (χ0n) is 9.62. The first-order valence-electron chi connectivity index (χ1n) is 5.26. The first-order chi connectivity index (χ1) is 8.75. The fourth-order valence-corrected chi connectivity index (χ4v) is 1.96. The lowest BCUT2D eigenvalue weighted by Crippen LogP contribution is -2.09. The van der Waals surface area contributed by atoms with E-state index in [1.165, 1.54) is 6.20 Å². The van der Waals surface area contributed by atoms with Gasteiger partial charge in [-0.3, -0.25) is 4.40 Å². The van der Waals surface area contributed by atoms with Crippen molar-refractivity contribution < 1.29 is 23.1 Å². The number of fused-ring (bicyclic) bond motifs is 1. The predicted octanol–water partition coefficient (Wildman–Crippen LogP) is 3.27. The third kappa shape index (κ3) is 2.25. The van der Waals surface area contributed by atoms with Crippen LogP contribution in [0.3, 0.4) is 0 Å². The van der Waals surface area contributed by atoms with Crippen molar-refractivity contribution in [3.05, 3.63) is 34.2 Å². The summed E-state index contributed by atoms with van der Waals surface area (Å²) in [5.41, 5.74) is -1.72. The van der Waals surface area contributed by atoms with Gasteiger partial charge in [0.05, 0.1) is 5.56 Å². The molecule has 1 N–H and O–H groups in total. The molecule has 4 nitrogen and oxygen atoms in total. The second kappa shape index (κ2) is 4.41. The molecule has 0 amide bonds. The Hall–Kier alpha value is -1.76. The number of nitrogens with zero attached hydrogens (tertiary/aromatic N) is 2. The van der Waals surface area contributed by atoms with Crippen molar-refractivity contribution in [1.29, 1.82) is 0 Å². The zero-order chi connectivity index (χ0) is 14.4. The Bertz CT molecular complexity index is 664. The summed E-state index contributed by atoms with van der Waals surface area (Å²) in [6, 6.07) is 0.949. The van der Waals surface area contributed by atoms with Crippen LogP contribution in [0.1, 0.15) is 28.5 Å². The number of hydrogen-bond acceptors (Lipinski definition) is 2. The molecule has 0 unspecified atom stereocenters. The van der Waals surface area contributed by atoms with Crippen LogP contribution >= 0.6 is 11.6 Å². The van der Waals surface area contributed by atoms with Crippen LogP contribution in [-0.4, -0.2) is 20.5 Å². The van der Waals surface area contributed by atoms with Gasteiger partial charge in [-0.25, -0.2) is 9.78 Å². The maximum absolute atomic E-state index is 12.9. The molecule has 0 saturated heterocycles. The van der Waals surface area contributed by atoms with Gasteiger partial charge in [0.25, 0.3) is 0 Å². The van der Waals surface area contributed by atoms with Crippen molar-refractivity contribution in [3.63, 3.8) is 0 Å². The molecule has 0 spiro atoms. The summed E-state index contributed by atoms with van der Waals surface area (Å²) in [5.74, 6) is -1.47. The molecule has 0 saturated carbocycles. The van der Waals surface area contributed by atoms with E-state index < -0.39 is 29.1 Å². The summed E-state index contributed by atoms with van der Waals surface area (Å²) >= 11 is 5.76. The Labute approximate surface area is 110 Å². The minimum absolute atomic E-state index is 0.344. The molecule has 0 radical (unpaired) electrons. The van der Waals surface area contributed by atoms with Gasteiger partial charge in [0.15, 0.2) is 11.3 Å². The van der Waals surface area contributed by atoms with Crippen LogP contribution in [0, 0.1) is 0 Å². The molecule has 0 bridgehead atoms. The Balaban J connectivity index is 2.88. The molecular formula is C11H8ClF3N2O2. The van der Waals surface area contributed by atoms with Crippen molar-refractivity contribution in [1.82, 2.24) is 9.38 Å². The quantitative estimate of drug-likeness (QED) is 0.924. The van der Waals surface area contributed by atoms with E-state index in [9.17, 15) is 18.0 Å². The highest BCUT2D eigenvalue weighted by Gasteiger charge is 2.35. The van der Waals surface area contributed by atoms with Gasteiger partial charge in [0.2, 0.25) is 0 Å². The molecule has 2 heterocycles. The topological polar surface area (TPSA) is 54.6 Å². The van der Waals surface area contributed by atoms with Gasteiger partial charge in [0, 0.05) is 6.20 Å². The molecular weight excluding hydrogens is 285 g/mol. The van der Waals surface area contributed by atoms with Gasteiger partial charge in [0.1, 0.15) is 5.15 Å². The lowest BCUT2D eigenvalue weighted by atomic mass is 10.1. The second-order valence-electron chi connectivity index (χ2n) is 3.86. The number of aromatic nitrogens is 2. The minimum atomic E-state index is -4.63. The van der Waals surface area contributed by atoms with Gasteiger partial charge >= 0.3 is 12.1 Å². The molecule has 0 aromatic carbocycles. The van der Waals surface area contributed by atoms with Crippen molar-refractivity contribution in [2.75, 3.05) is 0 Å². The molecule has 19 heavy (non-hydrogen) atoms. The average Bonchev–Trinajstić information content (AvgIpc) is 2.64. The molecule has 2 aromatic heterocycles. The minimum Gasteiger partial charge on any atom is -0.476 e. The molecule has 0 aliphatic heterocycles. The molecule has 2 aromatic rings. The van der Waals surface area contributed by atoms with E-state index >= 15 is 0 Å². The van der Waals surface area contributed by atoms with E-state index in [1.54, 1.807) is 6.92 Å². The van der Waals surface area contributed by atoms with Crippen LogP contribution in [0.2, 0.25) is 5.15 Å². The standard InChI is InChI=1S/C11H8ClF3N2O2/c1-2-5-3-6(11(13,14)15)9-16-7(10(18)19)8(12)17(9)4-5/h3-4H,2H2,1H3,(H,18,19). The number of aromatic carboxylic acids is 1. The number of hydrogen-bond donors (Lipinski definition) is 1. The number of carbonyl (C=O) groups is 1. The van der Waals surface area contributed by atoms with Gasteiger partial charge in [-0.1, -0.05) is 18.5 Å². The van der Waals surface area contributed by atoms with E-state index in [0.717, 1.165) is 10.5 Å². The molecule has 0 atom stereocenters. The Morgan fingerprint density at radius 1 is 1.53 bits per heavy atom. The Kier molecular flexibility index (Phi) is 3.17. The highest BCUT2D eigenvalue weighted by molar-refractivity contribution is 6.32. The number of pyridine rings is 1. The largest absolute Gasteiger partial charge is 0.476 e. The van der Waals surface area contributed by atoms with E-state index in [1.807, 2.05) is 0 Å². The monoisotopic (exact) mass is 292 g/mol. The van der Waals surface area contributed by atoms with Crippen molar-refractivity contribution in [3.8, 4) is 0 Å². The molecule has 8 heteroatoms. The van der Waals surface area contributed by atoms with Crippen molar-refractivity contribution >= 4 is 23.2 Å². The number of imidazole rings is 1. The smallest absolute Gasteiger partial charge is 0.419 e. The first kappa shape index (κ1) is 13.7. The number of aryl methyl sites for hydroxylation is 1. The van der Waals surface area contributed by atoms with Gasteiger partial charge < -0.3 is 5.11 Å². The average molecular weight is 293 g/mol. The SMILES string of the molecule is CCc1cc(C(F)(F)F)c2nc(C(=O)O)c(Cl)n2c1. The van der Waals surface area contributed by atoms with Crippen molar-refractivity contribution in [2.45, 2.75) is 19.5 Å². The molecule has 0 fully saturated rings. The lowest BCUT2D eigenvalue weighted by Gasteiger charge is -2.10. The fraction of sp³-hybridized carbons (Fsp3) is 0.273. The Morgan fingerprint density at radius 3 is 2.63 bits per heavy atom. The summed E-state index contributed by atoms with van der Waals surface area (Å²) in [6.45, 7) is 1.68. The summed E-state index contributed by atoms with van der Waals surface area (Å²) < 4.78 is 39.7. The normalized spacial score (nSPS) is 12.1. The highest BCUT2D eigenvalue weighted by atomic mass is 35.5. The van der Waals surface area contributed by atoms with Gasteiger partial charge in [-0.15, -0.1) is 0 Å². The zero-order valence-corrected chi connectivity index (χ0v) is 10.4. The van der Waals surface area contributed by atoms with E-state index in [4.69, 9.17) is 16.7 Å². The van der Waals surface area contributed by atoms with Crippen LogP contribution in [0.4, 0.5) is 13.2 Å². The predicted molar refractivity (Wildman–Crippen MR) is 61.5 cm³/mol. The summed E-state index contributed by atoms with van der Waals surface area (Å²) in [7, 11) is 0. The number of rotatable bonds is 2. The van der Waals surface area contributed by atoms with Crippen LogP contribution in [0.5, 0.6) is 0 Å². The maximum atomic E-state index is 12.9. The number of halogens is 4. The first-order valence-corrected chi connectivity index (χ1v) is 5.64. The summed E-state index contributed by atoms with van der Waals surface area (Å²) in [6.07, 6.45) is -2.92. The summed E-state index contributed by atoms with van der Waals surface area (Å²) in [5, 5.41) is 8.50. The Morgan fingerprint density at radius 2 is 2.16 bits per heavy atom. The third-order valence-electron chi connectivity index (χ3n) is 2.63. The van der Waals surface area contributed by atoms with Gasteiger partial charge in [-0.05, 0) is 18.1 Å². The second-order valence-corrected chi connectivity index (χ2v) is 4.22. The molecule has 0 aliphatic rings.